The molecule has 0 aromatic heterocycles. The van der Waals surface area contributed by atoms with Crippen LogP contribution in [-0.4, -0.2) is 17.3 Å². The van der Waals surface area contributed by atoms with Crippen LogP contribution in [0.3, 0.4) is 0 Å². The summed E-state index contributed by atoms with van der Waals surface area (Å²) in [5.74, 6) is 0.791. The van der Waals surface area contributed by atoms with Crippen LogP contribution in [0.25, 0.3) is 0 Å². The van der Waals surface area contributed by atoms with Crippen LogP contribution in [0.4, 0.5) is 0 Å². The molecule has 0 radical (unpaired) electrons. The number of ketones is 3. The second-order valence-electron chi connectivity index (χ2n) is 9.42. The summed E-state index contributed by atoms with van der Waals surface area (Å²) in [6.45, 7) is 16.1. The maximum Gasteiger partial charge on any atom is 0.163 e. The Bertz CT molecular complexity index is 790. The molecule has 1 aromatic carbocycles. The molecule has 3 unspecified atom stereocenters. The van der Waals surface area contributed by atoms with Crippen molar-refractivity contribution in [2.24, 2.45) is 17.8 Å². The molecule has 0 spiro atoms. The molecular formula is C29H46O3. The van der Waals surface area contributed by atoms with Gasteiger partial charge < -0.3 is 0 Å². The van der Waals surface area contributed by atoms with Crippen molar-refractivity contribution in [2.75, 3.05) is 0 Å². The second kappa shape index (κ2) is 13.7. The molecule has 0 heterocycles. The van der Waals surface area contributed by atoms with Gasteiger partial charge in [-0.25, -0.2) is 0 Å². The lowest BCUT2D eigenvalue weighted by Gasteiger charge is -2.33. The average Bonchev–Trinajstić information content (AvgIpc) is 2.73. The Kier molecular flexibility index (Phi) is 12.1. The molecule has 1 aromatic rings. The largest absolute Gasteiger partial charge is 0.300 e. The first-order valence-corrected chi connectivity index (χ1v) is 12.9. The van der Waals surface area contributed by atoms with Gasteiger partial charge in [-0.2, -0.15) is 0 Å². The Balaban J connectivity index is 0.00000249. The number of hydrogen-bond acceptors (Lipinski definition) is 3. The molecule has 0 aliphatic heterocycles. The number of aryl methyl sites for hydroxylation is 2. The van der Waals surface area contributed by atoms with Crippen molar-refractivity contribution >= 4 is 17.3 Å². The first kappa shape index (κ1) is 28.3. The third-order valence-corrected chi connectivity index (χ3v) is 6.95. The van der Waals surface area contributed by atoms with Crippen molar-refractivity contribution in [2.45, 2.75) is 113 Å². The van der Waals surface area contributed by atoms with E-state index in [1.807, 2.05) is 13.8 Å². The molecule has 1 aliphatic carbocycles. The summed E-state index contributed by atoms with van der Waals surface area (Å²) < 4.78 is 0. The number of carbonyl (C=O) groups is 3. The normalized spacial score (nSPS) is 17.1. The van der Waals surface area contributed by atoms with E-state index in [-0.39, 0.29) is 35.6 Å². The van der Waals surface area contributed by atoms with Gasteiger partial charge in [0.05, 0.1) is 6.42 Å². The fourth-order valence-corrected chi connectivity index (χ4v) is 5.52. The second-order valence-corrected chi connectivity index (χ2v) is 9.42. The molecule has 0 bridgehead atoms. The Morgan fingerprint density at radius 2 is 1.72 bits per heavy atom. The van der Waals surface area contributed by atoms with E-state index in [0.717, 1.165) is 56.1 Å². The van der Waals surface area contributed by atoms with E-state index in [1.165, 1.54) is 23.6 Å². The lowest BCUT2D eigenvalue weighted by atomic mass is 9.71. The van der Waals surface area contributed by atoms with E-state index in [0.29, 0.717) is 12.3 Å². The van der Waals surface area contributed by atoms with E-state index in [9.17, 15) is 14.4 Å². The lowest BCUT2D eigenvalue weighted by Crippen LogP contribution is -2.30. The number of rotatable bonds is 11. The SMILES string of the molecule is CC.CCCc1cc(C)c(C)c2c1CC(CC(CCC)C(CC)C(=O)CC(C)=O)CC2=O. The summed E-state index contributed by atoms with van der Waals surface area (Å²) in [6, 6.07) is 2.28. The highest BCUT2D eigenvalue weighted by molar-refractivity contribution is 6.01. The van der Waals surface area contributed by atoms with Gasteiger partial charge in [0.1, 0.15) is 11.6 Å². The van der Waals surface area contributed by atoms with Gasteiger partial charge >= 0.3 is 0 Å². The molecule has 1 aliphatic rings. The maximum absolute atomic E-state index is 13.2. The van der Waals surface area contributed by atoms with Gasteiger partial charge in [0.25, 0.3) is 0 Å². The molecule has 180 valence electrons. The fraction of sp³-hybridized carbons (Fsp3) is 0.690. The van der Waals surface area contributed by atoms with E-state index < -0.39 is 0 Å². The van der Waals surface area contributed by atoms with E-state index in [4.69, 9.17) is 0 Å². The van der Waals surface area contributed by atoms with Crippen molar-refractivity contribution in [1.82, 2.24) is 0 Å². The van der Waals surface area contributed by atoms with Crippen LogP contribution >= 0.6 is 0 Å². The Morgan fingerprint density at radius 3 is 2.25 bits per heavy atom. The van der Waals surface area contributed by atoms with Gasteiger partial charge in [-0.15, -0.1) is 0 Å². The standard InChI is InChI=1S/C27H40O3.C2H6/c1-7-10-21-12-17(4)19(6)27-24(21)15-20(16-26(27)30)14-22(11-8-2)23(9-3)25(29)13-18(5)28;1-2/h12,20,22-23H,7-11,13-16H2,1-6H3;1-2H3. The third-order valence-electron chi connectivity index (χ3n) is 6.95. The van der Waals surface area contributed by atoms with Gasteiger partial charge in [-0.3, -0.25) is 14.4 Å². The maximum atomic E-state index is 13.2. The highest BCUT2D eigenvalue weighted by atomic mass is 16.1. The minimum absolute atomic E-state index is 0.0459. The summed E-state index contributed by atoms with van der Waals surface area (Å²) in [5, 5.41) is 0. The monoisotopic (exact) mass is 442 g/mol. The Labute approximate surface area is 196 Å². The zero-order chi connectivity index (χ0) is 24.4. The predicted molar refractivity (Wildman–Crippen MR) is 135 cm³/mol. The van der Waals surface area contributed by atoms with Gasteiger partial charge in [0.15, 0.2) is 5.78 Å². The molecular weight excluding hydrogens is 396 g/mol. The molecule has 2 rings (SSSR count). The molecule has 0 saturated heterocycles. The van der Waals surface area contributed by atoms with Gasteiger partial charge in [-0.1, -0.05) is 59.9 Å². The van der Waals surface area contributed by atoms with Crippen LogP contribution in [0, 0.1) is 31.6 Å². The predicted octanol–water partition coefficient (Wildman–Crippen LogP) is 7.41. The highest BCUT2D eigenvalue weighted by Gasteiger charge is 2.34. The molecule has 0 N–H and O–H groups in total. The quantitative estimate of drug-likeness (QED) is 0.335. The molecule has 32 heavy (non-hydrogen) atoms. The van der Waals surface area contributed by atoms with E-state index in [2.05, 4.69) is 40.7 Å². The van der Waals surface area contributed by atoms with Crippen LogP contribution in [-0.2, 0) is 22.4 Å². The summed E-state index contributed by atoms with van der Waals surface area (Å²) in [7, 11) is 0. The van der Waals surface area contributed by atoms with Crippen molar-refractivity contribution in [1.29, 1.82) is 0 Å². The minimum atomic E-state index is -0.0692. The topological polar surface area (TPSA) is 51.2 Å². The van der Waals surface area contributed by atoms with Crippen LogP contribution < -0.4 is 0 Å². The summed E-state index contributed by atoms with van der Waals surface area (Å²) in [6.07, 6.45) is 7.33. The number of benzene rings is 1. The number of carbonyl (C=O) groups excluding carboxylic acids is 3. The first-order valence-electron chi connectivity index (χ1n) is 12.9. The van der Waals surface area contributed by atoms with Gasteiger partial charge in [0, 0.05) is 17.9 Å². The Morgan fingerprint density at radius 1 is 1.06 bits per heavy atom. The summed E-state index contributed by atoms with van der Waals surface area (Å²) >= 11 is 0. The smallest absolute Gasteiger partial charge is 0.163 e. The van der Waals surface area contributed by atoms with Crippen molar-refractivity contribution < 1.29 is 14.4 Å². The number of Topliss-reactive ketones (excluding diaryl/α,β-unsaturated/α-hetero) is 3. The lowest BCUT2D eigenvalue weighted by molar-refractivity contribution is -0.129. The molecule has 3 atom stereocenters. The van der Waals surface area contributed by atoms with E-state index >= 15 is 0 Å². The third kappa shape index (κ3) is 7.12. The first-order chi connectivity index (χ1) is 15.2. The number of fused-ring (bicyclic) bond motifs is 1. The molecule has 0 saturated carbocycles. The molecule has 0 amide bonds. The Hall–Kier alpha value is -1.77. The van der Waals surface area contributed by atoms with Gasteiger partial charge in [0.2, 0.25) is 0 Å². The van der Waals surface area contributed by atoms with Crippen LogP contribution in [0.15, 0.2) is 6.07 Å². The average molecular weight is 443 g/mol. The van der Waals surface area contributed by atoms with Crippen molar-refractivity contribution in [3.63, 3.8) is 0 Å². The summed E-state index contributed by atoms with van der Waals surface area (Å²) in [4.78, 5) is 37.4. The fourth-order valence-electron chi connectivity index (χ4n) is 5.52. The van der Waals surface area contributed by atoms with Crippen molar-refractivity contribution in [3.8, 4) is 0 Å². The zero-order valence-electron chi connectivity index (χ0n) is 21.9. The van der Waals surface area contributed by atoms with Crippen LogP contribution in [0.1, 0.15) is 119 Å². The van der Waals surface area contributed by atoms with Crippen LogP contribution in [0.2, 0.25) is 0 Å². The highest BCUT2D eigenvalue weighted by Crippen LogP contribution is 2.38. The van der Waals surface area contributed by atoms with E-state index in [1.54, 1.807) is 0 Å². The zero-order valence-corrected chi connectivity index (χ0v) is 21.9. The summed E-state index contributed by atoms with van der Waals surface area (Å²) in [5.41, 5.74) is 5.93. The molecule has 3 heteroatoms. The minimum Gasteiger partial charge on any atom is -0.300 e. The van der Waals surface area contributed by atoms with Gasteiger partial charge in [-0.05, 0) is 80.5 Å². The molecule has 3 nitrogen and oxygen atoms in total. The number of hydrogen-bond donors (Lipinski definition) is 0. The molecule has 0 fully saturated rings. The van der Waals surface area contributed by atoms with Crippen molar-refractivity contribution in [3.05, 3.63) is 33.9 Å². The van der Waals surface area contributed by atoms with Crippen LogP contribution in [0.5, 0.6) is 0 Å².